The third-order valence-electron chi connectivity index (χ3n) is 3.56. The Hall–Kier alpha value is -2.90. The number of halogens is 2. The van der Waals surface area contributed by atoms with Crippen molar-refractivity contribution >= 4 is 17.8 Å². The molecule has 1 amide bonds. The average molecular weight is 337 g/mol. The highest BCUT2D eigenvalue weighted by molar-refractivity contribution is 5.97. The maximum absolute atomic E-state index is 14.0. The van der Waals surface area contributed by atoms with Crippen LogP contribution in [0, 0.1) is 11.6 Å². The largest absolute Gasteiger partial charge is 0.502 e. The molecule has 0 aliphatic carbocycles. The molecule has 0 atom stereocenters. The van der Waals surface area contributed by atoms with Gasteiger partial charge in [0.2, 0.25) is 17.4 Å². The molecule has 1 aliphatic rings. The summed E-state index contributed by atoms with van der Waals surface area (Å²) in [7, 11) is 0. The first kappa shape index (κ1) is 16.0. The third-order valence-corrected chi connectivity index (χ3v) is 3.56. The van der Waals surface area contributed by atoms with Crippen LogP contribution in [0.2, 0.25) is 0 Å². The first-order chi connectivity index (χ1) is 11.4. The Morgan fingerprint density at radius 3 is 2.75 bits per heavy atom. The minimum Gasteiger partial charge on any atom is -0.502 e. The number of anilines is 1. The van der Waals surface area contributed by atoms with Crippen LogP contribution in [0.15, 0.2) is 22.6 Å². The first-order valence-corrected chi connectivity index (χ1v) is 7.18. The standard InChI is InChI=1S/C16H13F2NO5/c1-8(20)23-15-13(22)14(10-7-9(17)4-5-11(10)18)24-16(15)19-6-2-3-12(19)21/h4-5,7,22H,2-3,6H2,1H3. The van der Waals surface area contributed by atoms with Crippen LogP contribution >= 0.6 is 0 Å². The molecule has 2 aromatic rings. The summed E-state index contributed by atoms with van der Waals surface area (Å²) in [6.45, 7) is 1.40. The highest BCUT2D eigenvalue weighted by atomic mass is 19.1. The van der Waals surface area contributed by atoms with Gasteiger partial charge in [0, 0.05) is 19.9 Å². The zero-order valence-electron chi connectivity index (χ0n) is 12.6. The predicted octanol–water partition coefficient (Wildman–Crippen LogP) is 2.98. The Bertz CT molecular complexity index is 830. The second kappa shape index (κ2) is 5.95. The van der Waals surface area contributed by atoms with Crippen molar-refractivity contribution in [2.75, 3.05) is 11.4 Å². The van der Waals surface area contributed by atoms with Crippen LogP contribution < -0.4 is 9.64 Å². The van der Waals surface area contributed by atoms with Gasteiger partial charge in [-0.05, 0) is 24.6 Å². The van der Waals surface area contributed by atoms with Gasteiger partial charge < -0.3 is 14.3 Å². The minimum atomic E-state index is -0.839. The van der Waals surface area contributed by atoms with E-state index < -0.39 is 34.9 Å². The van der Waals surface area contributed by atoms with E-state index in [1.807, 2.05) is 0 Å². The summed E-state index contributed by atoms with van der Waals surface area (Å²) < 4.78 is 37.7. The van der Waals surface area contributed by atoms with Gasteiger partial charge in [-0.2, -0.15) is 0 Å². The molecule has 6 nitrogen and oxygen atoms in total. The molecule has 2 heterocycles. The van der Waals surface area contributed by atoms with Crippen LogP contribution in [0.3, 0.4) is 0 Å². The molecule has 24 heavy (non-hydrogen) atoms. The molecular formula is C16H13F2NO5. The molecule has 0 radical (unpaired) electrons. The summed E-state index contributed by atoms with van der Waals surface area (Å²) in [5, 5.41) is 10.3. The number of aromatic hydroxyl groups is 1. The summed E-state index contributed by atoms with van der Waals surface area (Å²) in [5.74, 6) is -4.32. The van der Waals surface area contributed by atoms with E-state index in [1.54, 1.807) is 0 Å². The Kier molecular flexibility index (Phi) is 3.96. The molecule has 8 heteroatoms. The van der Waals surface area contributed by atoms with Crippen LogP contribution in [0.1, 0.15) is 19.8 Å². The van der Waals surface area contributed by atoms with Gasteiger partial charge in [-0.15, -0.1) is 0 Å². The maximum Gasteiger partial charge on any atom is 0.308 e. The number of furan rings is 1. The normalized spacial score (nSPS) is 14.3. The highest BCUT2D eigenvalue weighted by Crippen LogP contribution is 2.49. The van der Waals surface area contributed by atoms with Gasteiger partial charge in [-0.1, -0.05) is 0 Å². The Labute approximate surface area is 135 Å². The summed E-state index contributed by atoms with van der Waals surface area (Å²) in [6, 6.07) is 2.62. The van der Waals surface area contributed by atoms with Crippen molar-refractivity contribution in [3.05, 3.63) is 29.8 Å². The van der Waals surface area contributed by atoms with E-state index in [0.29, 0.717) is 13.0 Å². The summed E-state index contributed by atoms with van der Waals surface area (Å²) in [6.07, 6.45) is 0.827. The van der Waals surface area contributed by atoms with Crippen molar-refractivity contribution in [2.45, 2.75) is 19.8 Å². The third kappa shape index (κ3) is 2.70. The zero-order valence-corrected chi connectivity index (χ0v) is 12.6. The molecular weight excluding hydrogens is 324 g/mol. The van der Waals surface area contributed by atoms with E-state index in [1.165, 1.54) is 4.90 Å². The lowest BCUT2D eigenvalue weighted by molar-refractivity contribution is -0.132. The monoisotopic (exact) mass is 337 g/mol. The van der Waals surface area contributed by atoms with Crippen LogP contribution in [-0.4, -0.2) is 23.5 Å². The number of nitrogens with zero attached hydrogens (tertiary/aromatic N) is 1. The second-order valence-corrected chi connectivity index (χ2v) is 5.28. The zero-order chi connectivity index (χ0) is 17.4. The first-order valence-electron chi connectivity index (χ1n) is 7.18. The average Bonchev–Trinajstić information content (AvgIpc) is 3.06. The number of hydrogen-bond acceptors (Lipinski definition) is 5. The molecule has 1 N–H and O–H groups in total. The van der Waals surface area contributed by atoms with Crippen molar-refractivity contribution in [2.24, 2.45) is 0 Å². The van der Waals surface area contributed by atoms with Crippen molar-refractivity contribution in [3.8, 4) is 22.8 Å². The van der Waals surface area contributed by atoms with Crippen molar-refractivity contribution < 1.29 is 32.6 Å². The molecule has 1 aromatic carbocycles. The van der Waals surface area contributed by atoms with Gasteiger partial charge >= 0.3 is 5.97 Å². The molecule has 1 aromatic heterocycles. The molecule has 1 saturated heterocycles. The molecule has 3 rings (SSSR count). The topological polar surface area (TPSA) is 80.0 Å². The fourth-order valence-electron chi connectivity index (χ4n) is 2.53. The number of rotatable bonds is 3. The lowest BCUT2D eigenvalue weighted by Crippen LogP contribution is -2.24. The van der Waals surface area contributed by atoms with Crippen LogP contribution in [0.5, 0.6) is 11.5 Å². The predicted molar refractivity (Wildman–Crippen MR) is 78.6 cm³/mol. The van der Waals surface area contributed by atoms with Crippen LogP contribution in [0.25, 0.3) is 11.3 Å². The van der Waals surface area contributed by atoms with Gasteiger partial charge in [-0.25, -0.2) is 8.78 Å². The van der Waals surface area contributed by atoms with E-state index in [-0.39, 0.29) is 23.8 Å². The van der Waals surface area contributed by atoms with Crippen molar-refractivity contribution in [1.29, 1.82) is 0 Å². The van der Waals surface area contributed by atoms with Gasteiger partial charge in [0.1, 0.15) is 11.6 Å². The molecule has 1 fully saturated rings. The van der Waals surface area contributed by atoms with Crippen molar-refractivity contribution in [1.82, 2.24) is 0 Å². The van der Waals surface area contributed by atoms with Gasteiger partial charge in [0.25, 0.3) is 5.88 Å². The van der Waals surface area contributed by atoms with E-state index >= 15 is 0 Å². The smallest absolute Gasteiger partial charge is 0.308 e. The van der Waals surface area contributed by atoms with Crippen molar-refractivity contribution in [3.63, 3.8) is 0 Å². The lowest BCUT2D eigenvalue weighted by Gasteiger charge is -2.13. The molecule has 1 aliphatic heterocycles. The molecule has 0 saturated carbocycles. The number of benzene rings is 1. The SMILES string of the molecule is CC(=O)Oc1c(N2CCCC2=O)oc(-c2cc(F)ccc2F)c1O. The van der Waals surface area contributed by atoms with E-state index in [4.69, 9.17) is 9.15 Å². The van der Waals surface area contributed by atoms with Crippen LogP contribution in [0.4, 0.5) is 14.7 Å². The lowest BCUT2D eigenvalue weighted by atomic mass is 10.1. The summed E-state index contributed by atoms with van der Waals surface area (Å²) in [4.78, 5) is 24.4. The van der Waals surface area contributed by atoms with Gasteiger partial charge in [-0.3, -0.25) is 14.5 Å². The maximum atomic E-state index is 14.0. The molecule has 0 bridgehead atoms. The number of esters is 1. The van der Waals surface area contributed by atoms with E-state index in [2.05, 4.69) is 0 Å². The van der Waals surface area contributed by atoms with Gasteiger partial charge in [0.15, 0.2) is 5.76 Å². The Morgan fingerprint density at radius 1 is 1.38 bits per heavy atom. The highest BCUT2D eigenvalue weighted by Gasteiger charge is 2.34. The number of amides is 1. The van der Waals surface area contributed by atoms with Gasteiger partial charge in [0.05, 0.1) is 5.56 Å². The fourth-order valence-corrected chi connectivity index (χ4v) is 2.53. The fraction of sp³-hybridized carbons (Fsp3) is 0.250. The molecule has 126 valence electrons. The molecule has 0 unspecified atom stereocenters. The molecule has 0 spiro atoms. The van der Waals surface area contributed by atoms with Crippen LogP contribution in [-0.2, 0) is 9.59 Å². The number of hydrogen-bond donors (Lipinski definition) is 1. The number of ether oxygens (including phenoxy) is 1. The Morgan fingerprint density at radius 2 is 2.12 bits per heavy atom. The second-order valence-electron chi connectivity index (χ2n) is 5.28. The minimum absolute atomic E-state index is 0.205. The Balaban J connectivity index is 2.17. The summed E-state index contributed by atoms with van der Waals surface area (Å²) >= 11 is 0. The quantitative estimate of drug-likeness (QED) is 0.871. The number of carbonyl (C=O) groups excluding carboxylic acids is 2. The van der Waals surface area contributed by atoms with E-state index in [9.17, 15) is 23.5 Å². The van der Waals surface area contributed by atoms with E-state index in [0.717, 1.165) is 25.1 Å². The number of carbonyl (C=O) groups is 2. The summed E-state index contributed by atoms with van der Waals surface area (Å²) in [5.41, 5.74) is -0.348.